The highest BCUT2D eigenvalue weighted by Crippen LogP contribution is 2.40. The van der Waals surface area contributed by atoms with Crippen LogP contribution in [0.1, 0.15) is 23.1 Å². The summed E-state index contributed by atoms with van der Waals surface area (Å²) in [5, 5.41) is 15.5. The number of rotatable bonds is 5. The normalized spacial score (nSPS) is 13.2. The maximum atomic E-state index is 12.4. The number of esters is 1. The van der Waals surface area contributed by atoms with E-state index in [-0.39, 0.29) is 5.57 Å². The Morgan fingerprint density at radius 2 is 1.52 bits per heavy atom. The second-order valence-corrected chi connectivity index (χ2v) is 7.11. The van der Waals surface area contributed by atoms with Crippen LogP contribution >= 0.6 is 0 Å². The maximum Gasteiger partial charge on any atom is 0.333 e. The minimum Gasteiger partial charge on any atom is -0.466 e. The third-order valence-electron chi connectivity index (χ3n) is 5.41. The predicted octanol–water partition coefficient (Wildman–Crippen LogP) is 5.54. The van der Waals surface area contributed by atoms with Gasteiger partial charge in [0.05, 0.1) is 13.2 Å². The van der Waals surface area contributed by atoms with Gasteiger partial charge in [0.2, 0.25) is 0 Å². The quantitative estimate of drug-likeness (QED) is 0.364. The summed E-state index contributed by atoms with van der Waals surface area (Å²) in [4.78, 5) is 12.4. The largest absolute Gasteiger partial charge is 0.466 e. The van der Waals surface area contributed by atoms with E-state index in [1.54, 1.807) is 0 Å². The van der Waals surface area contributed by atoms with Crippen LogP contribution in [-0.2, 0) is 9.53 Å². The number of aliphatic hydroxyl groups is 1. The molecule has 0 saturated heterocycles. The van der Waals surface area contributed by atoms with Crippen LogP contribution in [0, 0.1) is 0 Å². The second-order valence-electron chi connectivity index (χ2n) is 7.11. The zero-order chi connectivity index (χ0) is 20.4. The van der Waals surface area contributed by atoms with E-state index in [2.05, 4.69) is 6.58 Å². The van der Waals surface area contributed by atoms with Gasteiger partial charge in [-0.15, -0.1) is 0 Å². The van der Waals surface area contributed by atoms with Gasteiger partial charge in [0, 0.05) is 11.5 Å². The van der Waals surface area contributed by atoms with E-state index in [1.807, 2.05) is 84.9 Å². The Hall–Kier alpha value is -3.43. The fraction of sp³-hybridized carbons (Fsp3) is 0.115. The van der Waals surface area contributed by atoms with Crippen molar-refractivity contribution in [3.63, 3.8) is 0 Å². The van der Waals surface area contributed by atoms with E-state index in [4.69, 9.17) is 4.74 Å². The Morgan fingerprint density at radius 3 is 2.28 bits per heavy atom. The van der Waals surface area contributed by atoms with Crippen molar-refractivity contribution in [1.29, 1.82) is 0 Å². The van der Waals surface area contributed by atoms with Crippen LogP contribution in [0.3, 0.4) is 0 Å². The first-order valence-electron chi connectivity index (χ1n) is 9.51. The van der Waals surface area contributed by atoms with E-state index in [1.165, 1.54) is 7.11 Å². The van der Waals surface area contributed by atoms with Crippen LogP contribution in [0.2, 0.25) is 0 Å². The van der Waals surface area contributed by atoms with Crippen molar-refractivity contribution in [2.24, 2.45) is 0 Å². The van der Waals surface area contributed by atoms with Crippen LogP contribution in [0.4, 0.5) is 0 Å². The van der Waals surface area contributed by atoms with Gasteiger partial charge in [0.25, 0.3) is 0 Å². The monoisotopic (exact) mass is 382 g/mol. The van der Waals surface area contributed by atoms with Gasteiger partial charge < -0.3 is 9.84 Å². The summed E-state index contributed by atoms with van der Waals surface area (Å²) in [5.74, 6) is -1.16. The molecule has 0 aliphatic carbocycles. The number of aliphatic hydroxyl groups excluding tert-OH is 1. The molecule has 0 amide bonds. The maximum absolute atomic E-state index is 12.4. The number of carbonyl (C=O) groups excluding carboxylic acids is 1. The first-order valence-corrected chi connectivity index (χ1v) is 9.51. The van der Waals surface area contributed by atoms with Crippen molar-refractivity contribution < 1.29 is 14.6 Å². The van der Waals surface area contributed by atoms with Crippen LogP contribution in [0.25, 0.3) is 21.5 Å². The molecule has 2 unspecified atom stereocenters. The van der Waals surface area contributed by atoms with Crippen molar-refractivity contribution in [1.82, 2.24) is 0 Å². The number of hydrogen-bond acceptors (Lipinski definition) is 3. The van der Waals surface area contributed by atoms with Gasteiger partial charge in [-0.2, -0.15) is 0 Å². The van der Waals surface area contributed by atoms with Crippen molar-refractivity contribution in [3.05, 3.63) is 108 Å². The summed E-state index contributed by atoms with van der Waals surface area (Å²) in [7, 11) is 1.33. The Labute approximate surface area is 169 Å². The van der Waals surface area contributed by atoms with E-state index in [0.29, 0.717) is 0 Å². The summed E-state index contributed by atoms with van der Waals surface area (Å²) >= 11 is 0. The first-order chi connectivity index (χ1) is 14.1. The second kappa shape index (κ2) is 7.90. The molecule has 0 aromatic heterocycles. The van der Waals surface area contributed by atoms with Gasteiger partial charge in [0.15, 0.2) is 0 Å². The van der Waals surface area contributed by atoms with E-state index >= 15 is 0 Å². The number of ether oxygens (including phenoxy) is 1. The average molecular weight is 382 g/mol. The Balaban J connectivity index is 1.87. The molecule has 0 spiro atoms. The molecule has 0 heterocycles. The molecular formula is C26H22O3. The van der Waals surface area contributed by atoms with Crippen LogP contribution in [0.15, 0.2) is 97.1 Å². The molecule has 0 saturated carbocycles. The molecule has 4 rings (SSSR count). The first kappa shape index (κ1) is 18.9. The smallest absolute Gasteiger partial charge is 0.333 e. The fourth-order valence-electron chi connectivity index (χ4n) is 3.91. The van der Waals surface area contributed by atoms with Gasteiger partial charge in [-0.3, -0.25) is 0 Å². The van der Waals surface area contributed by atoms with Gasteiger partial charge in [-0.05, 0) is 38.7 Å². The highest BCUT2D eigenvalue weighted by atomic mass is 16.5. The van der Waals surface area contributed by atoms with Crippen LogP contribution in [-0.4, -0.2) is 18.2 Å². The van der Waals surface area contributed by atoms with E-state index in [0.717, 1.165) is 32.7 Å². The van der Waals surface area contributed by atoms with Gasteiger partial charge in [-0.1, -0.05) is 85.4 Å². The Morgan fingerprint density at radius 1 is 0.862 bits per heavy atom. The van der Waals surface area contributed by atoms with E-state index in [9.17, 15) is 9.90 Å². The number of hydrogen-bond donors (Lipinski definition) is 1. The SMILES string of the molecule is C=C(C(=O)OC)C(c1cccc2ccccc12)C(O)c1ccc2ccccc2c1. The minimum atomic E-state index is -0.947. The summed E-state index contributed by atoms with van der Waals surface area (Å²) in [6.07, 6.45) is -0.947. The van der Waals surface area contributed by atoms with Gasteiger partial charge >= 0.3 is 5.97 Å². The molecule has 1 N–H and O–H groups in total. The number of fused-ring (bicyclic) bond motifs is 2. The molecule has 0 aliphatic rings. The summed E-state index contributed by atoms with van der Waals surface area (Å²) in [5.41, 5.74) is 1.80. The lowest BCUT2D eigenvalue weighted by atomic mass is 9.81. The van der Waals surface area contributed by atoms with Crippen molar-refractivity contribution in [2.75, 3.05) is 7.11 Å². The molecule has 2 atom stereocenters. The molecule has 29 heavy (non-hydrogen) atoms. The fourth-order valence-corrected chi connectivity index (χ4v) is 3.91. The lowest BCUT2D eigenvalue weighted by molar-refractivity contribution is -0.136. The molecular weight excluding hydrogens is 360 g/mol. The summed E-state index contributed by atoms with van der Waals surface area (Å²) < 4.78 is 4.93. The van der Waals surface area contributed by atoms with Crippen molar-refractivity contribution in [3.8, 4) is 0 Å². The number of carbonyl (C=O) groups is 1. The Bertz CT molecular complexity index is 1200. The third-order valence-corrected chi connectivity index (χ3v) is 5.41. The molecule has 144 valence electrons. The summed E-state index contributed by atoms with van der Waals surface area (Å²) in [6.45, 7) is 3.98. The molecule has 0 aliphatic heterocycles. The molecule has 4 aromatic rings. The summed E-state index contributed by atoms with van der Waals surface area (Å²) in [6, 6.07) is 27.6. The van der Waals surface area contributed by atoms with Crippen molar-refractivity contribution >= 4 is 27.5 Å². The minimum absolute atomic E-state index is 0.226. The predicted molar refractivity (Wildman–Crippen MR) is 117 cm³/mol. The van der Waals surface area contributed by atoms with Crippen molar-refractivity contribution in [2.45, 2.75) is 12.0 Å². The lowest BCUT2D eigenvalue weighted by Crippen LogP contribution is -2.19. The molecule has 0 fully saturated rings. The molecule has 4 aromatic carbocycles. The lowest BCUT2D eigenvalue weighted by Gasteiger charge is -2.26. The average Bonchev–Trinajstić information content (AvgIpc) is 2.78. The number of benzene rings is 4. The highest BCUT2D eigenvalue weighted by Gasteiger charge is 2.31. The highest BCUT2D eigenvalue weighted by molar-refractivity contribution is 5.93. The van der Waals surface area contributed by atoms with E-state index < -0.39 is 18.0 Å². The zero-order valence-electron chi connectivity index (χ0n) is 16.2. The molecule has 3 nitrogen and oxygen atoms in total. The topological polar surface area (TPSA) is 46.5 Å². The number of methoxy groups -OCH3 is 1. The van der Waals surface area contributed by atoms with Gasteiger partial charge in [0.1, 0.15) is 0 Å². The Kier molecular flexibility index (Phi) is 5.15. The third kappa shape index (κ3) is 3.53. The zero-order valence-corrected chi connectivity index (χ0v) is 16.2. The molecule has 3 heteroatoms. The standard InChI is InChI=1S/C26H22O3/c1-17(26(28)29-2)24(23-13-7-11-19-9-5-6-12-22(19)23)25(27)21-15-14-18-8-3-4-10-20(18)16-21/h3-16,24-25,27H,1H2,2H3. The molecule has 0 radical (unpaired) electrons. The van der Waals surface area contributed by atoms with Crippen LogP contribution < -0.4 is 0 Å². The molecule has 0 bridgehead atoms. The van der Waals surface area contributed by atoms with Crippen LogP contribution in [0.5, 0.6) is 0 Å². The van der Waals surface area contributed by atoms with Gasteiger partial charge in [-0.25, -0.2) is 4.79 Å².